The molecule has 3 unspecified atom stereocenters. The zero-order chi connectivity index (χ0) is 9.31. The van der Waals surface area contributed by atoms with Gasteiger partial charge >= 0.3 is 0 Å². The quantitative estimate of drug-likeness (QED) is 0.491. The van der Waals surface area contributed by atoms with Crippen LogP contribution in [0.15, 0.2) is 12.8 Å². The Labute approximate surface area is 79.9 Å². The summed E-state index contributed by atoms with van der Waals surface area (Å²) in [4.78, 5) is 0. The first kappa shape index (κ1) is 9.07. The van der Waals surface area contributed by atoms with E-state index in [1.54, 1.807) is 0 Å². The van der Waals surface area contributed by atoms with E-state index >= 15 is 0 Å². The zero-order valence-corrected chi connectivity index (χ0v) is 8.29. The van der Waals surface area contributed by atoms with Crippen molar-refractivity contribution in [3.63, 3.8) is 0 Å². The molecular formula is C11H18O2. The van der Waals surface area contributed by atoms with Gasteiger partial charge in [-0.1, -0.05) is 13.5 Å². The summed E-state index contributed by atoms with van der Waals surface area (Å²) < 4.78 is 11.0. The lowest BCUT2D eigenvalue weighted by Gasteiger charge is -2.30. The number of fused-ring (bicyclic) bond motifs is 2. The summed E-state index contributed by atoms with van der Waals surface area (Å²) in [6.45, 7) is 6.65. The largest absolute Gasteiger partial charge is 0.502 e. The van der Waals surface area contributed by atoms with Crippen molar-refractivity contribution in [1.82, 2.24) is 0 Å². The van der Waals surface area contributed by atoms with Crippen molar-refractivity contribution in [2.75, 3.05) is 6.61 Å². The molecule has 74 valence electrons. The molecule has 13 heavy (non-hydrogen) atoms. The highest BCUT2D eigenvalue weighted by atomic mass is 16.5. The second-order valence-electron chi connectivity index (χ2n) is 4.47. The van der Waals surface area contributed by atoms with Gasteiger partial charge in [-0.3, -0.25) is 0 Å². The molecule has 2 fully saturated rings. The molecule has 2 aliphatic rings. The Morgan fingerprint density at radius 2 is 2.46 bits per heavy atom. The van der Waals surface area contributed by atoms with Gasteiger partial charge in [0.25, 0.3) is 0 Å². The Morgan fingerprint density at radius 1 is 1.62 bits per heavy atom. The van der Waals surface area contributed by atoms with Crippen LogP contribution in [0.2, 0.25) is 0 Å². The van der Waals surface area contributed by atoms with E-state index in [1.807, 2.05) is 0 Å². The maximum atomic E-state index is 5.84. The molecule has 0 aromatic rings. The minimum atomic E-state index is 0.367. The third-order valence-corrected chi connectivity index (χ3v) is 3.49. The first-order valence-corrected chi connectivity index (χ1v) is 5.12. The Hall–Kier alpha value is -0.500. The van der Waals surface area contributed by atoms with E-state index in [-0.39, 0.29) is 0 Å². The van der Waals surface area contributed by atoms with Crippen LogP contribution in [0.5, 0.6) is 0 Å². The monoisotopic (exact) mass is 182 g/mol. The first-order chi connectivity index (χ1) is 6.24. The molecule has 2 nitrogen and oxygen atoms in total. The van der Waals surface area contributed by atoms with E-state index in [2.05, 4.69) is 13.5 Å². The average Bonchev–Trinajstić information content (AvgIpc) is 2.64. The van der Waals surface area contributed by atoms with E-state index in [0.29, 0.717) is 17.6 Å². The van der Waals surface area contributed by atoms with Gasteiger partial charge in [0.05, 0.1) is 25.1 Å². The fraction of sp³-hybridized carbons (Fsp3) is 0.818. The van der Waals surface area contributed by atoms with Gasteiger partial charge in [0.15, 0.2) is 0 Å². The second kappa shape index (κ2) is 3.33. The van der Waals surface area contributed by atoms with Crippen molar-refractivity contribution in [3.05, 3.63) is 12.8 Å². The normalized spacial score (nSPS) is 42.2. The van der Waals surface area contributed by atoms with Crippen LogP contribution >= 0.6 is 0 Å². The molecule has 0 saturated carbocycles. The third-order valence-electron chi connectivity index (χ3n) is 3.49. The molecular weight excluding hydrogens is 164 g/mol. The average molecular weight is 182 g/mol. The Kier molecular flexibility index (Phi) is 2.33. The number of ether oxygens (including phenoxy) is 2. The van der Waals surface area contributed by atoms with Crippen molar-refractivity contribution in [3.8, 4) is 0 Å². The highest BCUT2D eigenvalue weighted by Crippen LogP contribution is 2.49. The summed E-state index contributed by atoms with van der Waals surface area (Å²) in [6.07, 6.45) is 7.39. The van der Waals surface area contributed by atoms with Crippen molar-refractivity contribution in [2.45, 2.75) is 44.8 Å². The molecule has 0 aromatic heterocycles. The van der Waals surface area contributed by atoms with Crippen LogP contribution in [0, 0.1) is 5.41 Å². The second-order valence-corrected chi connectivity index (χ2v) is 4.47. The van der Waals surface area contributed by atoms with Gasteiger partial charge in [-0.25, -0.2) is 0 Å². The van der Waals surface area contributed by atoms with Crippen molar-refractivity contribution in [1.29, 1.82) is 0 Å². The maximum Gasteiger partial charge on any atom is 0.0879 e. The van der Waals surface area contributed by atoms with Gasteiger partial charge in [-0.2, -0.15) is 0 Å². The molecule has 0 spiro atoms. The van der Waals surface area contributed by atoms with Crippen LogP contribution in [0.1, 0.15) is 32.6 Å². The van der Waals surface area contributed by atoms with Gasteiger partial charge in [-0.05, 0) is 31.1 Å². The standard InChI is InChI=1S/C11H18O2/c1-3-12-7-6-11(2)8-9-4-5-10(11)13-9/h3,9-10H,1,4-8H2,2H3. The van der Waals surface area contributed by atoms with Gasteiger partial charge < -0.3 is 9.47 Å². The molecule has 0 aliphatic carbocycles. The van der Waals surface area contributed by atoms with Gasteiger partial charge in [0, 0.05) is 0 Å². The van der Waals surface area contributed by atoms with E-state index in [4.69, 9.17) is 9.47 Å². The van der Waals surface area contributed by atoms with Crippen molar-refractivity contribution < 1.29 is 9.47 Å². The lowest BCUT2D eigenvalue weighted by atomic mass is 9.73. The maximum absolute atomic E-state index is 5.84. The molecule has 2 bridgehead atoms. The van der Waals surface area contributed by atoms with Crippen LogP contribution < -0.4 is 0 Å². The highest BCUT2D eigenvalue weighted by molar-refractivity contribution is 4.97. The molecule has 3 atom stereocenters. The Morgan fingerprint density at radius 3 is 3.00 bits per heavy atom. The number of hydrogen-bond acceptors (Lipinski definition) is 2. The predicted octanol–water partition coefficient (Wildman–Crippen LogP) is 2.49. The molecule has 0 aromatic carbocycles. The summed E-state index contributed by atoms with van der Waals surface area (Å²) in [6, 6.07) is 0. The summed E-state index contributed by atoms with van der Waals surface area (Å²) in [5, 5.41) is 0. The molecule has 2 heteroatoms. The van der Waals surface area contributed by atoms with E-state index in [1.165, 1.54) is 25.5 Å². The molecule has 2 heterocycles. The lowest BCUT2D eigenvalue weighted by Crippen LogP contribution is -2.30. The molecule has 2 saturated heterocycles. The van der Waals surface area contributed by atoms with E-state index in [9.17, 15) is 0 Å². The topological polar surface area (TPSA) is 18.5 Å². The summed E-state index contributed by atoms with van der Waals surface area (Å²) in [5.41, 5.74) is 0.367. The van der Waals surface area contributed by atoms with E-state index < -0.39 is 0 Å². The zero-order valence-electron chi connectivity index (χ0n) is 8.29. The molecule has 0 radical (unpaired) electrons. The first-order valence-electron chi connectivity index (χ1n) is 5.12. The van der Waals surface area contributed by atoms with Gasteiger partial charge in [0.1, 0.15) is 0 Å². The van der Waals surface area contributed by atoms with Crippen molar-refractivity contribution >= 4 is 0 Å². The van der Waals surface area contributed by atoms with Crippen LogP contribution in [0.25, 0.3) is 0 Å². The predicted molar refractivity (Wildman–Crippen MR) is 51.4 cm³/mol. The fourth-order valence-electron chi connectivity index (χ4n) is 2.66. The van der Waals surface area contributed by atoms with Crippen LogP contribution in [-0.4, -0.2) is 18.8 Å². The summed E-state index contributed by atoms with van der Waals surface area (Å²) in [5.74, 6) is 0. The highest BCUT2D eigenvalue weighted by Gasteiger charge is 2.48. The molecule has 2 aliphatic heterocycles. The summed E-state index contributed by atoms with van der Waals surface area (Å²) >= 11 is 0. The van der Waals surface area contributed by atoms with Gasteiger partial charge in [-0.15, -0.1) is 0 Å². The Balaban J connectivity index is 1.86. The van der Waals surface area contributed by atoms with Crippen LogP contribution in [0.4, 0.5) is 0 Å². The Bertz CT molecular complexity index is 202. The minimum absolute atomic E-state index is 0.367. The van der Waals surface area contributed by atoms with Crippen LogP contribution in [-0.2, 0) is 9.47 Å². The molecule has 2 rings (SSSR count). The van der Waals surface area contributed by atoms with E-state index in [0.717, 1.165) is 13.0 Å². The minimum Gasteiger partial charge on any atom is -0.502 e. The lowest BCUT2D eigenvalue weighted by molar-refractivity contribution is 0.0542. The smallest absolute Gasteiger partial charge is 0.0879 e. The summed E-state index contributed by atoms with van der Waals surface area (Å²) in [7, 11) is 0. The molecule has 0 amide bonds. The number of hydrogen-bond donors (Lipinski definition) is 0. The third kappa shape index (κ3) is 1.60. The fourth-order valence-corrected chi connectivity index (χ4v) is 2.66. The van der Waals surface area contributed by atoms with Crippen LogP contribution in [0.3, 0.4) is 0 Å². The number of rotatable bonds is 4. The van der Waals surface area contributed by atoms with Gasteiger partial charge in [0.2, 0.25) is 0 Å². The van der Waals surface area contributed by atoms with Crippen molar-refractivity contribution in [2.24, 2.45) is 5.41 Å². The SMILES string of the molecule is C=COCCC1(C)CC2CCC1O2. The molecule has 0 N–H and O–H groups in total.